The second-order valence-electron chi connectivity index (χ2n) is 10.6. The van der Waals surface area contributed by atoms with E-state index in [1.165, 1.54) is 4.90 Å². The van der Waals surface area contributed by atoms with Crippen molar-refractivity contribution < 1.29 is 33.8 Å². The van der Waals surface area contributed by atoms with Crippen LogP contribution in [0.15, 0.2) is 54.6 Å². The van der Waals surface area contributed by atoms with E-state index in [0.717, 1.165) is 5.56 Å². The zero-order valence-corrected chi connectivity index (χ0v) is 22.0. The smallest absolute Gasteiger partial charge is 0.313 e. The first kappa shape index (κ1) is 27.1. The molecule has 4 aliphatic rings. The van der Waals surface area contributed by atoms with Crippen molar-refractivity contribution in [3.05, 3.63) is 60.2 Å². The normalized spacial score (nSPS) is 33.7. The van der Waals surface area contributed by atoms with Gasteiger partial charge in [0.2, 0.25) is 17.7 Å². The second-order valence-corrected chi connectivity index (χ2v) is 10.6. The number of carbonyl (C=O) groups is 4. The molecule has 1 aromatic rings. The summed E-state index contributed by atoms with van der Waals surface area (Å²) in [6, 6.07) is 8.62. The topological polar surface area (TPSA) is 125 Å². The Morgan fingerprint density at radius 1 is 1.10 bits per heavy atom. The van der Waals surface area contributed by atoms with Crippen LogP contribution in [-0.4, -0.2) is 88.7 Å². The average molecular weight is 538 g/mol. The lowest BCUT2D eigenvalue weighted by atomic mass is 9.78. The molecular weight excluding hydrogens is 502 g/mol. The van der Waals surface area contributed by atoms with Crippen LogP contribution in [0.25, 0.3) is 0 Å². The number of rotatable bonds is 5. The van der Waals surface area contributed by atoms with Gasteiger partial charge in [-0.05, 0) is 25.3 Å². The molecule has 0 aromatic heterocycles. The number of amides is 3. The molecule has 0 aliphatic carbocycles. The van der Waals surface area contributed by atoms with Crippen molar-refractivity contribution in [1.29, 1.82) is 0 Å². The molecule has 0 saturated carbocycles. The number of allylic oxidation sites excluding steroid dienone is 1. The van der Waals surface area contributed by atoms with Crippen LogP contribution in [0.1, 0.15) is 31.7 Å². The molecular formula is C29H35N3O7. The van der Waals surface area contributed by atoms with Crippen molar-refractivity contribution in [2.45, 2.75) is 56.6 Å². The molecule has 10 nitrogen and oxygen atoms in total. The highest BCUT2D eigenvalue weighted by Gasteiger charge is 2.71. The van der Waals surface area contributed by atoms with E-state index in [4.69, 9.17) is 9.47 Å². The molecule has 6 atom stereocenters. The Hall–Kier alpha value is -3.50. The third-order valence-corrected chi connectivity index (χ3v) is 7.89. The van der Waals surface area contributed by atoms with Crippen LogP contribution in [0.3, 0.4) is 0 Å². The summed E-state index contributed by atoms with van der Waals surface area (Å²) in [5.41, 5.74) is -0.416. The maximum Gasteiger partial charge on any atom is 0.313 e. The van der Waals surface area contributed by atoms with Gasteiger partial charge in [0.05, 0.1) is 18.6 Å². The van der Waals surface area contributed by atoms with Crippen molar-refractivity contribution in [1.82, 2.24) is 15.1 Å². The number of nitrogens with one attached hydrogen (secondary N) is 1. The van der Waals surface area contributed by atoms with E-state index in [-0.39, 0.29) is 50.3 Å². The van der Waals surface area contributed by atoms with Crippen molar-refractivity contribution >= 4 is 23.7 Å². The highest BCUT2D eigenvalue weighted by atomic mass is 16.6. The number of benzene rings is 1. The van der Waals surface area contributed by atoms with Crippen LogP contribution in [0.5, 0.6) is 0 Å². The number of carbonyl (C=O) groups excluding carboxylic acids is 4. The fourth-order valence-electron chi connectivity index (χ4n) is 6.14. The maximum absolute atomic E-state index is 14.2. The van der Waals surface area contributed by atoms with Crippen LogP contribution in [0.2, 0.25) is 0 Å². The Balaban J connectivity index is 1.54. The molecule has 10 heteroatoms. The number of esters is 1. The summed E-state index contributed by atoms with van der Waals surface area (Å²) in [7, 11) is 0. The predicted molar refractivity (Wildman–Crippen MR) is 140 cm³/mol. The first-order valence-corrected chi connectivity index (χ1v) is 13.6. The zero-order chi connectivity index (χ0) is 27.6. The monoisotopic (exact) mass is 537 g/mol. The van der Waals surface area contributed by atoms with Crippen molar-refractivity contribution in [2.75, 3.05) is 26.2 Å². The van der Waals surface area contributed by atoms with Crippen LogP contribution in [0.4, 0.5) is 0 Å². The number of hydrogen-bond donors (Lipinski definition) is 2. The SMILES string of the molecule is C[C@H]1CNC(=O)CC/C=C\[C@@H]2O[C@@]34C=CCN(Cc5ccccc5)C(=O)[C@@H]3N(CCCO)C(=O)[C@H]4[C@@H]2C(=O)O1. The molecule has 3 amide bonds. The molecule has 39 heavy (non-hydrogen) atoms. The minimum atomic E-state index is -1.37. The van der Waals surface area contributed by atoms with Gasteiger partial charge in [-0.3, -0.25) is 19.2 Å². The minimum absolute atomic E-state index is 0.145. The number of hydrogen-bond acceptors (Lipinski definition) is 7. The third-order valence-electron chi connectivity index (χ3n) is 7.89. The molecule has 1 aromatic carbocycles. The third kappa shape index (κ3) is 5.10. The molecule has 208 valence electrons. The van der Waals surface area contributed by atoms with Gasteiger partial charge < -0.3 is 29.7 Å². The number of aliphatic hydroxyl groups is 1. The molecule has 4 aliphatic heterocycles. The zero-order valence-electron chi connectivity index (χ0n) is 22.0. The molecule has 2 saturated heterocycles. The largest absolute Gasteiger partial charge is 0.460 e. The van der Waals surface area contributed by atoms with Crippen LogP contribution in [-0.2, 0) is 35.2 Å². The summed E-state index contributed by atoms with van der Waals surface area (Å²) < 4.78 is 12.3. The first-order chi connectivity index (χ1) is 18.9. The van der Waals surface area contributed by atoms with E-state index in [1.54, 1.807) is 30.1 Å². The summed E-state index contributed by atoms with van der Waals surface area (Å²) in [4.78, 5) is 57.0. The van der Waals surface area contributed by atoms with Crippen molar-refractivity contribution in [2.24, 2.45) is 11.8 Å². The lowest BCUT2D eigenvalue weighted by Crippen LogP contribution is -2.55. The van der Waals surface area contributed by atoms with Gasteiger partial charge in [0, 0.05) is 32.7 Å². The highest BCUT2D eigenvalue weighted by molar-refractivity contribution is 5.99. The lowest BCUT2D eigenvalue weighted by molar-refractivity contribution is -0.158. The summed E-state index contributed by atoms with van der Waals surface area (Å²) >= 11 is 0. The number of cyclic esters (lactones) is 1. The van der Waals surface area contributed by atoms with Gasteiger partial charge in [-0.2, -0.15) is 0 Å². The Morgan fingerprint density at radius 3 is 2.67 bits per heavy atom. The van der Waals surface area contributed by atoms with Gasteiger partial charge in [-0.25, -0.2) is 0 Å². The first-order valence-electron chi connectivity index (χ1n) is 13.6. The van der Waals surface area contributed by atoms with Gasteiger partial charge in [0.1, 0.15) is 23.7 Å². The highest BCUT2D eigenvalue weighted by Crippen LogP contribution is 2.53. The Kier molecular flexibility index (Phi) is 7.86. The Bertz CT molecular complexity index is 1170. The standard InChI is InChI=1S/C29H35N3O7/c1-19-17-30-22(34)12-6-5-11-21-23(28(37)38-19)24-26(35)32(15-8-16-33)25-27(36)31(14-7-13-29(24,25)39-21)18-20-9-3-2-4-10-20/h2-5,7,9-11,13,19,21,23-25,33H,6,8,12,14-18H2,1H3,(H,30,34)/b11-5-/t19-,21-,23+,24+,25-,29+/m0/s1. The van der Waals surface area contributed by atoms with E-state index < -0.39 is 41.7 Å². The van der Waals surface area contributed by atoms with E-state index in [1.807, 2.05) is 36.4 Å². The fraction of sp³-hybridized carbons (Fsp3) is 0.517. The van der Waals surface area contributed by atoms with Crippen molar-refractivity contribution in [3.8, 4) is 0 Å². The number of nitrogens with zero attached hydrogens (tertiary/aromatic N) is 2. The lowest BCUT2D eigenvalue weighted by Gasteiger charge is -2.35. The van der Waals surface area contributed by atoms with E-state index in [0.29, 0.717) is 19.5 Å². The summed E-state index contributed by atoms with van der Waals surface area (Å²) in [6.45, 7) is 2.54. The van der Waals surface area contributed by atoms with Crippen molar-refractivity contribution in [3.63, 3.8) is 0 Å². The summed E-state index contributed by atoms with van der Waals surface area (Å²) in [5, 5.41) is 12.3. The number of ether oxygens (including phenoxy) is 2. The molecule has 2 N–H and O–H groups in total. The van der Waals surface area contributed by atoms with Crippen LogP contribution < -0.4 is 5.32 Å². The molecule has 0 bridgehead atoms. The average Bonchev–Trinajstić information content (AvgIpc) is 3.31. The maximum atomic E-state index is 14.2. The fourth-order valence-corrected chi connectivity index (χ4v) is 6.14. The summed E-state index contributed by atoms with van der Waals surface area (Å²) in [5.74, 6) is -3.31. The molecule has 2 fully saturated rings. The molecule has 1 spiro atoms. The Morgan fingerprint density at radius 2 is 1.90 bits per heavy atom. The molecule has 0 unspecified atom stereocenters. The number of aliphatic hydroxyl groups excluding tert-OH is 1. The van der Waals surface area contributed by atoms with Gasteiger partial charge in [0.25, 0.3) is 0 Å². The quantitative estimate of drug-likeness (QED) is 0.423. The molecule has 5 rings (SSSR count). The van der Waals surface area contributed by atoms with Gasteiger partial charge in [-0.1, -0.05) is 54.6 Å². The van der Waals surface area contributed by atoms with Crippen LogP contribution in [0, 0.1) is 11.8 Å². The second kappa shape index (κ2) is 11.3. The number of fused-ring (bicyclic) bond motifs is 2. The molecule has 4 heterocycles. The number of likely N-dealkylation sites (tertiary alicyclic amines) is 1. The van der Waals surface area contributed by atoms with Crippen LogP contribution >= 0.6 is 0 Å². The van der Waals surface area contributed by atoms with Gasteiger partial charge >= 0.3 is 5.97 Å². The Labute approximate surface area is 227 Å². The van der Waals surface area contributed by atoms with E-state index in [9.17, 15) is 24.3 Å². The summed E-state index contributed by atoms with van der Waals surface area (Å²) in [6.07, 6.45) is 6.70. The van der Waals surface area contributed by atoms with Gasteiger partial charge in [-0.15, -0.1) is 0 Å². The van der Waals surface area contributed by atoms with E-state index >= 15 is 0 Å². The minimum Gasteiger partial charge on any atom is -0.460 e. The van der Waals surface area contributed by atoms with Gasteiger partial charge in [0.15, 0.2) is 0 Å². The predicted octanol–water partition coefficient (Wildman–Crippen LogP) is 0.946. The van der Waals surface area contributed by atoms with E-state index in [2.05, 4.69) is 5.32 Å². The molecule has 0 radical (unpaired) electrons.